The van der Waals surface area contributed by atoms with Gasteiger partial charge in [0.15, 0.2) is 0 Å². The maximum atomic E-state index is 13.2. The molecule has 12 nitrogen and oxygen atoms in total. The minimum absolute atomic E-state index is 0.0886. The second-order valence-electron chi connectivity index (χ2n) is 12.7. The number of aromatic amines is 1. The second kappa shape index (κ2) is 18.4. The van der Waals surface area contributed by atoms with Crippen LogP contribution in [0.1, 0.15) is 54.7 Å². The minimum Gasteiger partial charge on any atom is -0.497 e. The fourth-order valence-electron chi connectivity index (χ4n) is 6.05. The van der Waals surface area contributed by atoms with Gasteiger partial charge in [0.25, 0.3) is 5.56 Å². The molecule has 0 bridgehead atoms. The van der Waals surface area contributed by atoms with Crippen molar-refractivity contribution in [3.05, 3.63) is 128 Å². The topological polar surface area (TPSA) is 144 Å². The zero-order chi connectivity index (χ0) is 38.1. The lowest BCUT2D eigenvalue weighted by molar-refractivity contribution is -0.158. The predicted octanol–water partition coefficient (Wildman–Crippen LogP) is 5.16. The van der Waals surface area contributed by atoms with Crippen molar-refractivity contribution in [1.82, 2.24) is 9.55 Å². The highest BCUT2D eigenvalue weighted by Crippen LogP contribution is 2.45. The minimum atomic E-state index is -1.20. The summed E-state index contributed by atoms with van der Waals surface area (Å²) in [6.07, 6.45) is -1.44. The van der Waals surface area contributed by atoms with E-state index in [0.717, 1.165) is 16.7 Å². The Morgan fingerprint density at radius 3 is 2.08 bits per heavy atom. The van der Waals surface area contributed by atoms with Gasteiger partial charge in [-0.15, -0.1) is 0 Å². The van der Waals surface area contributed by atoms with E-state index in [1.165, 1.54) is 10.8 Å². The van der Waals surface area contributed by atoms with Crippen LogP contribution in [0.5, 0.6) is 11.5 Å². The molecular weight excluding hydrogens is 813 g/mol. The number of nitrogens with zero attached hydrogens (tertiary/aromatic N) is 1. The first kappa shape index (κ1) is 40.2. The number of halogens is 1. The van der Waals surface area contributed by atoms with Gasteiger partial charge in [0, 0.05) is 23.8 Å². The van der Waals surface area contributed by atoms with Gasteiger partial charge in [0.2, 0.25) is 0 Å². The molecule has 1 N–H and O–H groups in total. The van der Waals surface area contributed by atoms with E-state index >= 15 is 0 Å². The molecular formula is C38H43BIN2O10P. The summed E-state index contributed by atoms with van der Waals surface area (Å²) < 4.78 is 37.0. The van der Waals surface area contributed by atoms with Crippen molar-refractivity contribution in [1.29, 1.82) is 0 Å². The molecule has 2 unspecified atom stereocenters. The van der Waals surface area contributed by atoms with Crippen LogP contribution < -0.4 is 20.7 Å². The maximum Gasteiger partial charge on any atom is 0.330 e. The van der Waals surface area contributed by atoms with Crippen molar-refractivity contribution in [2.45, 2.75) is 62.8 Å². The van der Waals surface area contributed by atoms with Gasteiger partial charge in [-0.3, -0.25) is 23.9 Å². The summed E-state index contributed by atoms with van der Waals surface area (Å²) >= 11 is 2.34. The Hall–Kier alpha value is -3.98. The third-order valence-corrected chi connectivity index (χ3v) is 13.4. The molecule has 280 valence electrons. The van der Waals surface area contributed by atoms with Crippen LogP contribution in [0.25, 0.3) is 0 Å². The van der Waals surface area contributed by atoms with Gasteiger partial charge < -0.3 is 28.4 Å². The third kappa shape index (κ3) is 9.77. The quantitative estimate of drug-likeness (QED) is 0.0528. The zero-order valence-corrected chi connectivity index (χ0v) is 33.3. The van der Waals surface area contributed by atoms with Crippen molar-refractivity contribution in [2.24, 2.45) is 0 Å². The highest BCUT2D eigenvalue weighted by atomic mass is 127. The fraction of sp³-hybridized carbons (Fsp3) is 0.368. The van der Waals surface area contributed by atoms with Gasteiger partial charge in [0.1, 0.15) is 43.1 Å². The van der Waals surface area contributed by atoms with Crippen molar-refractivity contribution < 1.29 is 38.0 Å². The monoisotopic (exact) mass is 856 g/mol. The molecule has 5 atom stereocenters. The molecule has 3 aromatic carbocycles. The van der Waals surface area contributed by atoms with Crippen LogP contribution >= 0.6 is 27.5 Å². The Bertz CT molecular complexity index is 1910. The molecule has 5 rings (SSSR count). The van der Waals surface area contributed by atoms with Crippen LogP contribution in [-0.2, 0) is 34.1 Å². The van der Waals surface area contributed by atoms with Crippen molar-refractivity contribution in [2.75, 3.05) is 27.4 Å². The molecule has 0 aliphatic carbocycles. The lowest BCUT2D eigenvalue weighted by atomic mass is 9.80. The van der Waals surface area contributed by atoms with E-state index in [1.54, 1.807) is 21.1 Å². The van der Waals surface area contributed by atoms with Gasteiger partial charge >= 0.3 is 17.6 Å². The van der Waals surface area contributed by atoms with E-state index in [0.29, 0.717) is 17.1 Å². The summed E-state index contributed by atoms with van der Waals surface area (Å²) in [5, 5.41) is 0. The fourth-order valence-corrected chi connectivity index (χ4v) is 6.81. The molecule has 0 amide bonds. The van der Waals surface area contributed by atoms with Crippen LogP contribution in [0.3, 0.4) is 0 Å². The van der Waals surface area contributed by atoms with Gasteiger partial charge in [-0.05, 0) is 47.9 Å². The van der Waals surface area contributed by atoms with Crippen LogP contribution in [0.2, 0.25) is 0 Å². The molecule has 53 heavy (non-hydrogen) atoms. The van der Waals surface area contributed by atoms with Gasteiger partial charge in [-0.25, -0.2) is 4.79 Å². The summed E-state index contributed by atoms with van der Waals surface area (Å²) in [4.78, 5) is 53.1. The first-order valence-electron chi connectivity index (χ1n) is 17.1. The average Bonchev–Trinajstić information content (AvgIpc) is 3.57. The van der Waals surface area contributed by atoms with Crippen molar-refractivity contribution in [3.63, 3.8) is 0 Å². The molecule has 0 radical (unpaired) electrons. The first-order chi connectivity index (χ1) is 25.4. The molecule has 0 spiro atoms. The number of aryl methyl sites for hydroxylation is 1. The van der Waals surface area contributed by atoms with Crippen LogP contribution in [0.4, 0.5) is 0 Å². The average molecular weight is 856 g/mol. The molecule has 1 aliphatic heterocycles. The smallest absolute Gasteiger partial charge is 0.330 e. The second-order valence-corrected chi connectivity index (χ2v) is 19.2. The number of carbonyl (C=O) groups is 2. The van der Waals surface area contributed by atoms with Crippen LogP contribution in [0, 0.1) is 6.92 Å². The summed E-state index contributed by atoms with van der Waals surface area (Å²) in [5.74, 6) is 0.231. The number of H-pyrrole nitrogens is 1. The van der Waals surface area contributed by atoms with E-state index in [9.17, 15) is 19.2 Å². The summed E-state index contributed by atoms with van der Waals surface area (Å²) in [6, 6.07) is 24.8. The highest BCUT2D eigenvalue weighted by molar-refractivity contribution is 14.2. The van der Waals surface area contributed by atoms with Gasteiger partial charge in [0.05, 0.1) is 40.3 Å². The molecule has 0 saturated carbocycles. The predicted molar refractivity (Wildman–Crippen MR) is 212 cm³/mol. The van der Waals surface area contributed by atoms with Gasteiger partial charge in [-0.2, -0.15) is 0 Å². The first-order valence-corrected chi connectivity index (χ1v) is 21.8. The van der Waals surface area contributed by atoms with Crippen LogP contribution in [0.15, 0.2) is 94.6 Å². The number of hydrogen-bond acceptors (Lipinski definition) is 10. The van der Waals surface area contributed by atoms with E-state index in [2.05, 4.69) is 34.6 Å². The molecule has 15 heteroatoms. The number of rotatable bonds is 16. The Morgan fingerprint density at radius 1 is 0.943 bits per heavy atom. The van der Waals surface area contributed by atoms with E-state index in [-0.39, 0.29) is 43.6 Å². The van der Waals surface area contributed by atoms with E-state index < -0.39 is 47.2 Å². The standard InChI is InChI=1S/C38H43BIN2O10P/c1-24-21-42(37(46)41-36(24)45)33-20-31(52-35(44)19-18-34(43)49-22-25(2)53(39)40)32(51-33)23-50-38(26-8-6-5-7-9-26,27-10-14-29(47-3)15-11-27)28-12-16-30(48-4)17-13-28/h5-17,21,25,31-33H,18-20,22-23,39H2,1-4H3,(H,41,45,46)/t25?,31-,32-,33-,53?/m1/s1. The number of methoxy groups -OCH3 is 2. The lowest BCUT2D eigenvalue weighted by Crippen LogP contribution is -2.39. The molecule has 1 aliphatic rings. The highest BCUT2D eigenvalue weighted by Gasteiger charge is 2.44. The number of aromatic nitrogens is 2. The number of benzene rings is 3. The molecule has 2 heterocycles. The van der Waals surface area contributed by atoms with E-state index in [4.69, 9.17) is 28.4 Å². The summed E-state index contributed by atoms with van der Waals surface area (Å²) in [6.45, 7) is 3.80. The number of hydrogen-bond donors (Lipinski definition) is 1. The normalized spacial score (nSPS) is 18.2. The molecule has 1 saturated heterocycles. The molecule has 1 fully saturated rings. The maximum absolute atomic E-state index is 13.2. The van der Waals surface area contributed by atoms with Gasteiger partial charge in [-0.1, -0.05) is 89.0 Å². The van der Waals surface area contributed by atoms with Crippen molar-refractivity contribution >= 4 is 47.0 Å². The number of nitrogens with one attached hydrogen (secondary N) is 1. The molecule has 1 aromatic heterocycles. The SMILES string of the molecule is BP(I)C(C)COC(=O)CCC(=O)O[C@@H]1C[C@H](n2cc(C)c(=O)[nH]c2=O)O[C@@H]1COC(c1ccccc1)(c1ccc(OC)cc1)c1ccc(OC)cc1. The Balaban J connectivity index is 1.47. The Labute approximate surface area is 323 Å². The molecule has 4 aromatic rings. The zero-order valence-electron chi connectivity index (χ0n) is 30.3. The lowest BCUT2D eigenvalue weighted by Gasteiger charge is -2.37. The third-order valence-electron chi connectivity index (χ3n) is 9.18. The Morgan fingerprint density at radius 2 is 1.51 bits per heavy atom. The van der Waals surface area contributed by atoms with Crippen LogP contribution in [-0.4, -0.2) is 74.4 Å². The van der Waals surface area contributed by atoms with E-state index in [1.807, 2.05) is 85.8 Å². The number of carbonyl (C=O) groups excluding carboxylic acids is 2. The Kier molecular flexibility index (Phi) is 13.9. The summed E-state index contributed by atoms with van der Waals surface area (Å²) in [7, 11) is 5.30. The number of esters is 2. The van der Waals surface area contributed by atoms with Crippen molar-refractivity contribution in [3.8, 4) is 11.5 Å². The largest absolute Gasteiger partial charge is 0.497 e. The summed E-state index contributed by atoms with van der Waals surface area (Å²) in [5.41, 5.74) is 0.276. The number of ether oxygens (including phenoxy) is 6.